The van der Waals surface area contributed by atoms with Crippen molar-refractivity contribution in [3.63, 3.8) is 0 Å². The van der Waals surface area contributed by atoms with Gasteiger partial charge in [0.1, 0.15) is 24.4 Å². The average molecular weight is 612 g/mol. The van der Waals surface area contributed by atoms with Gasteiger partial charge < -0.3 is 40.0 Å². The number of likely N-dealkylation sites (N-methyl/N-ethyl adjacent to an activating group) is 1. The molecule has 12 nitrogen and oxygen atoms in total. The molecule has 4 N–H and O–H groups in total. The fraction of sp³-hybridized carbons (Fsp3) is 0.562. The molecule has 4 aliphatic rings. The first-order chi connectivity index (χ1) is 21.0. The number of aliphatic hydroxyl groups excluding tert-OH is 2. The first-order valence-electron chi connectivity index (χ1n) is 15.2. The molecular weight excluding hydrogens is 570 g/mol. The lowest BCUT2D eigenvalue weighted by molar-refractivity contribution is -0.209. The Kier molecular flexibility index (Phi) is 9.54. The Morgan fingerprint density at radius 3 is 2.41 bits per heavy atom. The number of hydrogen-bond donors (Lipinski definition) is 4. The predicted octanol–water partition coefficient (Wildman–Crippen LogP) is 0.918. The highest BCUT2D eigenvalue weighted by Gasteiger charge is 2.64. The standard InChI is InChI=1S/C32H41N3O9/c1-18(37)27(30(40)33-14-15-36)34-29(39)20-16-24(28-25(17-20)43-32(44-28,21-9-10-21)22-11-12-22)42-31(41)23-7-5-4-6-19(23)8-13-26(38)35(2)3/h4-8,13,17-18,21-22,24-25,27-28,36-37H,9-12,14-16H2,1-3H3,(H,33,40)(H,34,39). The van der Waals surface area contributed by atoms with Gasteiger partial charge in [0.05, 0.1) is 18.3 Å². The first-order valence-corrected chi connectivity index (χ1v) is 15.2. The van der Waals surface area contributed by atoms with E-state index in [9.17, 15) is 24.3 Å². The van der Waals surface area contributed by atoms with E-state index in [-0.39, 0.29) is 48.5 Å². The van der Waals surface area contributed by atoms with Crippen LogP contribution >= 0.6 is 0 Å². The van der Waals surface area contributed by atoms with Gasteiger partial charge in [0, 0.05) is 50.5 Å². The molecule has 5 atom stereocenters. The monoisotopic (exact) mass is 611 g/mol. The molecule has 1 saturated heterocycles. The van der Waals surface area contributed by atoms with E-state index in [0.29, 0.717) is 5.56 Å². The number of amides is 3. The maximum atomic E-state index is 13.6. The molecule has 1 aromatic rings. The van der Waals surface area contributed by atoms with E-state index in [1.807, 2.05) is 0 Å². The molecular formula is C32H41N3O9. The Balaban J connectivity index is 1.39. The Labute approximate surface area is 256 Å². The van der Waals surface area contributed by atoms with Crippen molar-refractivity contribution in [2.45, 2.75) is 75.3 Å². The molecule has 5 unspecified atom stereocenters. The van der Waals surface area contributed by atoms with Crippen molar-refractivity contribution < 1.29 is 43.6 Å². The Bertz CT molecular complexity index is 1320. The van der Waals surface area contributed by atoms with Gasteiger partial charge in [-0.25, -0.2) is 4.79 Å². The number of benzene rings is 1. The minimum atomic E-state index is -1.27. The van der Waals surface area contributed by atoms with E-state index in [0.717, 1.165) is 25.7 Å². The predicted molar refractivity (Wildman–Crippen MR) is 158 cm³/mol. The van der Waals surface area contributed by atoms with E-state index < -0.39 is 54.0 Å². The Hall–Kier alpha value is -3.58. The number of ether oxygens (including phenoxy) is 3. The van der Waals surface area contributed by atoms with Crippen LogP contribution in [0.15, 0.2) is 42.0 Å². The normalized spacial score (nSPS) is 25.4. The van der Waals surface area contributed by atoms with Crippen molar-refractivity contribution in [1.29, 1.82) is 0 Å². The topological polar surface area (TPSA) is 164 Å². The van der Waals surface area contributed by atoms with Gasteiger partial charge in [-0.05, 0) is 56.4 Å². The largest absolute Gasteiger partial charge is 0.456 e. The van der Waals surface area contributed by atoms with Crippen LogP contribution in [0.1, 0.15) is 54.9 Å². The minimum Gasteiger partial charge on any atom is -0.456 e. The highest BCUT2D eigenvalue weighted by atomic mass is 16.8. The molecule has 2 saturated carbocycles. The van der Waals surface area contributed by atoms with Crippen LogP contribution in [-0.4, -0.2) is 102 Å². The number of carbonyl (C=O) groups excluding carboxylic acids is 4. The summed E-state index contributed by atoms with van der Waals surface area (Å²) in [6, 6.07) is 5.49. The van der Waals surface area contributed by atoms with Gasteiger partial charge in [-0.2, -0.15) is 0 Å². The Morgan fingerprint density at radius 1 is 1.11 bits per heavy atom. The van der Waals surface area contributed by atoms with Gasteiger partial charge in [0.15, 0.2) is 5.79 Å². The summed E-state index contributed by atoms with van der Waals surface area (Å²) in [5.41, 5.74) is 0.980. The van der Waals surface area contributed by atoms with Crippen LogP contribution in [0.4, 0.5) is 0 Å². The third kappa shape index (κ3) is 6.88. The van der Waals surface area contributed by atoms with Crippen molar-refractivity contribution >= 4 is 29.8 Å². The van der Waals surface area contributed by atoms with Crippen molar-refractivity contribution in [1.82, 2.24) is 15.5 Å². The summed E-state index contributed by atoms with van der Waals surface area (Å²) in [5.74, 6) is -2.45. The zero-order valence-electron chi connectivity index (χ0n) is 25.2. The molecule has 44 heavy (non-hydrogen) atoms. The summed E-state index contributed by atoms with van der Waals surface area (Å²) in [6.07, 6.45) is 5.09. The van der Waals surface area contributed by atoms with E-state index in [4.69, 9.17) is 19.3 Å². The van der Waals surface area contributed by atoms with Gasteiger partial charge in [-0.3, -0.25) is 14.4 Å². The SMILES string of the molecule is CC(O)C(NC(=O)C1=CC2OC(C3CC3)(C3CC3)OC2C(OC(=O)c2ccccc2C=CC(=O)N(C)C)C1)C(=O)NCCO. The molecule has 1 aliphatic heterocycles. The van der Waals surface area contributed by atoms with Crippen LogP contribution in [0, 0.1) is 11.8 Å². The van der Waals surface area contributed by atoms with E-state index >= 15 is 0 Å². The fourth-order valence-corrected chi connectivity index (χ4v) is 5.84. The third-order valence-electron chi connectivity index (χ3n) is 8.45. The molecule has 1 heterocycles. The lowest BCUT2D eigenvalue weighted by Crippen LogP contribution is -2.54. The second-order valence-electron chi connectivity index (χ2n) is 12.1. The molecule has 0 spiro atoms. The van der Waals surface area contributed by atoms with Crippen LogP contribution < -0.4 is 10.6 Å². The summed E-state index contributed by atoms with van der Waals surface area (Å²) < 4.78 is 19.3. The summed E-state index contributed by atoms with van der Waals surface area (Å²) in [4.78, 5) is 53.2. The van der Waals surface area contributed by atoms with Crippen LogP contribution in [0.5, 0.6) is 0 Å². The molecule has 0 radical (unpaired) electrons. The first kappa shape index (κ1) is 31.8. The molecule has 3 aliphatic carbocycles. The number of hydrogen-bond acceptors (Lipinski definition) is 9. The zero-order valence-corrected chi connectivity index (χ0v) is 25.2. The fourth-order valence-electron chi connectivity index (χ4n) is 5.84. The van der Waals surface area contributed by atoms with Gasteiger partial charge >= 0.3 is 5.97 Å². The Morgan fingerprint density at radius 2 is 1.80 bits per heavy atom. The minimum absolute atomic E-state index is 0.00454. The molecule has 1 aromatic carbocycles. The smallest absolute Gasteiger partial charge is 0.339 e. The van der Waals surface area contributed by atoms with Crippen molar-refractivity contribution in [2.75, 3.05) is 27.2 Å². The number of nitrogens with zero attached hydrogens (tertiary/aromatic N) is 1. The molecule has 5 rings (SSSR count). The van der Waals surface area contributed by atoms with Gasteiger partial charge in [0.25, 0.3) is 0 Å². The summed E-state index contributed by atoms with van der Waals surface area (Å²) in [6.45, 7) is 1.06. The summed E-state index contributed by atoms with van der Waals surface area (Å²) in [5, 5.41) is 24.3. The third-order valence-corrected chi connectivity index (χ3v) is 8.45. The molecule has 0 aromatic heterocycles. The lowest BCUT2D eigenvalue weighted by atomic mass is 9.91. The lowest BCUT2D eigenvalue weighted by Gasteiger charge is -2.31. The summed E-state index contributed by atoms with van der Waals surface area (Å²) in [7, 11) is 3.26. The number of carbonyl (C=O) groups is 4. The number of nitrogens with one attached hydrogen (secondary N) is 2. The molecule has 3 amide bonds. The molecule has 12 heteroatoms. The zero-order chi connectivity index (χ0) is 31.6. The van der Waals surface area contributed by atoms with Crippen LogP contribution in [0.25, 0.3) is 6.08 Å². The number of fused-ring (bicyclic) bond motifs is 1. The van der Waals surface area contributed by atoms with Gasteiger partial charge in [-0.15, -0.1) is 0 Å². The molecule has 0 bridgehead atoms. The van der Waals surface area contributed by atoms with Gasteiger partial charge in [-0.1, -0.05) is 18.2 Å². The van der Waals surface area contributed by atoms with Crippen LogP contribution in [0.3, 0.4) is 0 Å². The highest BCUT2D eigenvalue weighted by molar-refractivity contribution is 5.98. The number of esters is 1. The molecule has 3 fully saturated rings. The second kappa shape index (κ2) is 13.2. The number of aliphatic hydroxyl groups is 2. The van der Waals surface area contributed by atoms with Gasteiger partial charge in [0.2, 0.25) is 17.7 Å². The second-order valence-corrected chi connectivity index (χ2v) is 12.1. The number of rotatable bonds is 12. The molecule has 238 valence electrons. The maximum Gasteiger partial charge on any atom is 0.339 e. The van der Waals surface area contributed by atoms with Crippen molar-refractivity contribution in [3.05, 3.63) is 53.1 Å². The average Bonchev–Trinajstić information content (AvgIpc) is 3.94. The van der Waals surface area contributed by atoms with Crippen LogP contribution in [-0.2, 0) is 28.6 Å². The van der Waals surface area contributed by atoms with Crippen molar-refractivity contribution in [2.24, 2.45) is 11.8 Å². The van der Waals surface area contributed by atoms with Crippen LogP contribution in [0.2, 0.25) is 0 Å². The maximum absolute atomic E-state index is 13.6. The van der Waals surface area contributed by atoms with E-state index in [2.05, 4.69) is 10.6 Å². The highest BCUT2D eigenvalue weighted by Crippen LogP contribution is 2.59. The van der Waals surface area contributed by atoms with Crippen molar-refractivity contribution in [3.8, 4) is 0 Å². The quantitative estimate of drug-likeness (QED) is 0.199. The van der Waals surface area contributed by atoms with E-state index in [1.165, 1.54) is 17.9 Å². The van der Waals surface area contributed by atoms with E-state index in [1.54, 1.807) is 50.5 Å². The summed E-state index contributed by atoms with van der Waals surface area (Å²) >= 11 is 0.